The molecule has 0 atom stereocenters. The van der Waals surface area contributed by atoms with E-state index >= 15 is 0 Å². The number of rotatable bonds is 4. The topological polar surface area (TPSA) is 64.0 Å². The van der Waals surface area contributed by atoms with Crippen molar-refractivity contribution in [1.82, 2.24) is 9.55 Å². The molecule has 1 aliphatic rings. The molecule has 1 aliphatic carbocycles. The standard InChI is InChI=1S/C15H19N3O2/c1-9-10(2)15(20)12(11(3)14(9)19)5-6-17-13-7-16-8-18(13)4/h7-8,17H,5-6H2,1-4H3. The lowest BCUT2D eigenvalue weighted by atomic mass is 9.84. The van der Waals surface area contributed by atoms with Crippen LogP contribution in [0.3, 0.4) is 0 Å². The molecule has 106 valence electrons. The predicted octanol–water partition coefficient (Wildman–Crippen LogP) is 2.03. The lowest BCUT2D eigenvalue weighted by Crippen LogP contribution is -2.22. The Kier molecular flexibility index (Phi) is 3.88. The minimum absolute atomic E-state index is 0.00796. The number of nitrogens with one attached hydrogen (secondary N) is 1. The first-order valence-electron chi connectivity index (χ1n) is 6.60. The van der Waals surface area contributed by atoms with Gasteiger partial charge < -0.3 is 9.88 Å². The molecule has 2 rings (SSSR count). The van der Waals surface area contributed by atoms with Gasteiger partial charge >= 0.3 is 0 Å². The molecule has 5 heteroatoms. The summed E-state index contributed by atoms with van der Waals surface area (Å²) in [7, 11) is 1.89. The fourth-order valence-corrected chi connectivity index (χ4v) is 2.30. The van der Waals surface area contributed by atoms with E-state index < -0.39 is 0 Å². The number of Topliss-reactive ketones (excluding diaryl/α,β-unsaturated/α-hetero) is 2. The molecule has 1 aromatic rings. The number of hydrogen-bond donors (Lipinski definition) is 1. The highest BCUT2D eigenvalue weighted by Gasteiger charge is 2.27. The minimum atomic E-state index is -0.0161. The van der Waals surface area contributed by atoms with Crippen molar-refractivity contribution in [2.24, 2.45) is 7.05 Å². The Bertz CT molecular complexity index is 635. The molecule has 1 aromatic heterocycles. The van der Waals surface area contributed by atoms with Crippen LogP contribution >= 0.6 is 0 Å². The van der Waals surface area contributed by atoms with E-state index in [9.17, 15) is 9.59 Å². The predicted molar refractivity (Wildman–Crippen MR) is 77.4 cm³/mol. The summed E-state index contributed by atoms with van der Waals surface area (Å²) in [5.74, 6) is 0.866. The number of carbonyl (C=O) groups excluding carboxylic acids is 2. The van der Waals surface area contributed by atoms with Gasteiger partial charge in [-0.25, -0.2) is 4.98 Å². The number of nitrogens with zero attached hydrogens (tertiary/aromatic N) is 2. The largest absolute Gasteiger partial charge is 0.370 e. The van der Waals surface area contributed by atoms with Gasteiger partial charge in [-0.15, -0.1) is 0 Å². The highest BCUT2D eigenvalue weighted by atomic mass is 16.1. The van der Waals surface area contributed by atoms with Crippen LogP contribution in [0.4, 0.5) is 5.82 Å². The molecule has 0 amide bonds. The average molecular weight is 273 g/mol. The number of aromatic nitrogens is 2. The van der Waals surface area contributed by atoms with E-state index in [2.05, 4.69) is 10.3 Å². The Morgan fingerprint density at radius 3 is 2.35 bits per heavy atom. The third-order valence-electron chi connectivity index (χ3n) is 3.81. The molecule has 0 spiro atoms. The smallest absolute Gasteiger partial charge is 0.185 e. The van der Waals surface area contributed by atoms with Crippen LogP contribution in [0.5, 0.6) is 0 Å². The first kappa shape index (κ1) is 14.2. The molecule has 0 saturated carbocycles. The highest BCUT2D eigenvalue weighted by Crippen LogP contribution is 2.26. The number of allylic oxidation sites excluding steroid dienone is 3. The zero-order chi connectivity index (χ0) is 14.9. The molecule has 0 unspecified atom stereocenters. The van der Waals surface area contributed by atoms with Gasteiger partial charge in [-0.05, 0) is 27.2 Å². The molecule has 0 aromatic carbocycles. The number of anilines is 1. The monoisotopic (exact) mass is 273 g/mol. The van der Waals surface area contributed by atoms with Crippen molar-refractivity contribution in [2.45, 2.75) is 27.2 Å². The molecule has 0 fully saturated rings. The van der Waals surface area contributed by atoms with E-state index in [-0.39, 0.29) is 11.6 Å². The van der Waals surface area contributed by atoms with Crippen molar-refractivity contribution in [1.29, 1.82) is 0 Å². The second-order valence-electron chi connectivity index (χ2n) is 5.08. The van der Waals surface area contributed by atoms with Crippen LogP contribution < -0.4 is 5.32 Å². The van der Waals surface area contributed by atoms with Gasteiger partial charge in [-0.2, -0.15) is 0 Å². The first-order chi connectivity index (χ1) is 9.43. The second-order valence-corrected chi connectivity index (χ2v) is 5.08. The van der Waals surface area contributed by atoms with Gasteiger partial charge in [0.25, 0.3) is 0 Å². The molecule has 0 aliphatic heterocycles. The Morgan fingerprint density at radius 2 is 1.75 bits per heavy atom. The third-order valence-corrected chi connectivity index (χ3v) is 3.81. The zero-order valence-electron chi connectivity index (χ0n) is 12.3. The Morgan fingerprint density at radius 1 is 1.10 bits per heavy atom. The fourth-order valence-electron chi connectivity index (χ4n) is 2.30. The van der Waals surface area contributed by atoms with E-state index in [0.717, 1.165) is 5.82 Å². The summed E-state index contributed by atoms with van der Waals surface area (Å²) >= 11 is 0. The van der Waals surface area contributed by atoms with Crippen LogP contribution in [-0.4, -0.2) is 27.7 Å². The molecule has 5 nitrogen and oxygen atoms in total. The average Bonchev–Trinajstić information content (AvgIpc) is 2.84. The molecule has 0 bridgehead atoms. The summed E-state index contributed by atoms with van der Waals surface area (Å²) in [6.07, 6.45) is 3.97. The second kappa shape index (κ2) is 5.45. The summed E-state index contributed by atoms with van der Waals surface area (Å²) in [5.41, 5.74) is 2.32. The van der Waals surface area contributed by atoms with Crippen molar-refractivity contribution in [3.63, 3.8) is 0 Å². The van der Waals surface area contributed by atoms with Gasteiger partial charge in [0.2, 0.25) is 0 Å². The van der Waals surface area contributed by atoms with Crippen LogP contribution in [0.1, 0.15) is 27.2 Å². The lowest BCUT2D eigenvalue weighted by Gasteiger charge is -2.18. The summed E-state index contributed by atoms with van der Waals surface area (Å²) < 4.78 is 1.87. The Labute approximate surface area is 118 Å². The number of carbonyl (C=O) groups is 2. The van der Waals surface area contributed by atoms with Gasteiger partial charge in [0.15, 0.2) is 11.6 Å². The Hall–Kier alpha value is -2.17. The molecular formula is C15H19N3O2. The maximum atomic E-state index is 12.2. The van der Waals surface area contributed by atoms with Gasteiger partial charge in [-0.3, -0.25) is 9.59 Å². The maximum Gasteiger partial charge on any atom is 0.185 e. The molecule has 0 saturated heterocycles. The van der Waals surface area contributed by atoms with E-state index in [1.165, 1.54) is 0 Å². The van der Waals surface area contributed by atoms with E-state index in [1.807, 2.05) is 11.6 Å². The van der Waals surface area contributed by atoms with Crippen LogP contribution in [0.15, 0.2) is 34.8 Å². The van der Waals surface area contributed by atoms with Gasteiger partial charge in [0.05, 0.1) is 12.5 Å². The minimum Gasteiger partial charge on any atom is -0.370 e. The highest BCUT2D eigenvalue weighted by molar-refractivity contribution is 6.24. The van der Waals surface area contributed by atoms with Gasteiger partial charge in [0, 0.05) is 35.9 Å². The third kappa shape index (κ3) is 2.43. The zero-order valence-corrected chi connectivity index (χ0v) is 12.3. The van der Waals surface area contributed by atoms with E-state index in [0.29, 0.717) is 35.3 Å². The van der Waals surface area contributed by atoms with Crippen molar-refractivity contribution < 1.29 is 9.59 Å². The maximum absolute atomic E-state index is 12.2. The molecule has 0 radical (unpaired) electrons. The number of aryl methyl sites for hydroxylation is 1. The lowest BCUT2D eigenvalue weighted by molar-refractivity contribution is -0.116. The normalized spacial score (nSPS) is 16.2. The molecule has 1 N–H and O–H groups in total. The molecule has 1 heterocycles. The van der Waals surface area contributed by atoms with Crippen molar-refractivity contribution in [3.05, 3.63) is 34.8 Å². The quantitative estimate of drug-likeness (QED) is 0.852. The number of imidazole rings is 1. The van der Waals surface area contributed by atoms with Crippen LogP contribution in [0, 0.1) is 0 Å². The number of hydrogen-bond acceptors (Lipinski definition) is 4. The summed E-state index contributed by atoms with van der Waals surface area (Å²) in [4.78, 5) is 28.3. The number of ketones is 2. The van der Waals surface area contributed by atoms with Gasteiger partial charge in [0.1, 0.15) is 5.82 Å². The Balaban J connectivity index is 2.08. The summed E-state index contributed by atoms with van der Waals surface area (Å²) in [6, 6.07) is 0. The SMILES string of the molecule is CC1=C(C)C(=O)C(CCNc2cncn2C)=C(C)C1=O. The molecule has 20 heavy (non-hydrogen) atoms. The van der Waals surface area contributed by atoms with Crippen molar-refractivity contribution in [2.75, 3.05) is 11.9 Å². The van der Waals surface area contributed by atoms with Crippen LogP contribution in [0.2, 0.25) is 0 Å². The fraction of sp³-hybridized carbons (Fsp3) is 0.400. The van der Waals surface area contributed by atoms with Gasteiger partial charge in [-0.1, -0.05) is 0 Å². The molecular weight excluding hydrogens is 254 g/mol. The van der Waals surface area contributed by atoms with E-state index in [1.54, 1.807) is 33.3 Å². The van der Waals surface area contributed by atoms with Crippen molar-refractivity contribution >= 4 is 17.4 Å². The van der Waals surface area contributed by atoms with Crippen molar-refractivity contribution in [3.8, 4) is 0 Å². The van der Waals surface area contributed by atoms with Crippen LogP contribution in [-0.2, 0) is 16.6 Å². The summed E-state index contributed by atoms with van der Waals surface area (Å²) in [5, 5.41) is 3.21. The first-order valence-corrected chi connectivity index (χ1v) is 6.60. The van der Waals surface area contributed by atoms with E-state index in [4.69, 9.17) is 0 Å². The van der Waals surface area contributed by atoms with Crippen LogP contribution in [0.25, 0.3) is 0 Å². The summed E-state index contributed by atoms with van der Waals surface area (Å²) in [6.45, 7) is 5.76.